The van der Waals surface area contributed by atoms with E-state index in [2.05, 4.69) is 17.9 Å². The summed E-state index contributed by atoms with van der Waals surface area (Å²) < 4.78 is 0. The molecule has 0 aromatic rings. The van der Waals surface area contributed by atoms with Crippen molar-refractivity contribution in [2.75, 3.05) is 13.1 Å². The zero-order valence-corrected chi connectivity index (χ0v) is 10.2. The van der Waals surface area contributed by atoms with Gasteiger partial charge in [-0.05, 0) is 32.6 Å². The molecule has 1 aliphatic heterocycles. The molecule has 1 N–H and O–H groups in total. The summed E-state index contributed by atoms with van der Waals surface area (Å²) >= 11 is 0. The summed E-state index contributed by atoms with van der Waals surface area (Å²) in [6, 6.07) is 2.78. The fourth-order valence-corrected chi connectivity index (χ4v) is 2.98. The van der Waals surface area contributed by atoms with Crippen LogP contribution in [0.15, 0.2) is 0 Å². The Hall–Kier alpha value is -0.590. The van der Waals surface area contributed by atoms with E-state index in [9.17, 15) is 5.11 Å². The van der Waals surface area contributed by atoms with Crippen molar-refractivity contribution < 1.29 is 5.11 Å². The lowest BCUT2D eigenvalue weighted by molar-refractivity contribution is -0.00128. The first-order valence-electron chi connectivity index (χ1n) is 6.48. The first kappa shape index (κ1) is 11.9. The van der Waals surface area contributed by atoms with Gasteiger partial charge >= 0.3 is 0 Å². The second kappa shape index (κ2) is 4.73. The normalized spacial score (nSPS) is 35.6. The summed E-state index contributed by atoms with van der Waals surface area (Å²) in [7, 11) is 0. The minimum atomic E-state index is -0.139. The Morgan fingerprint density at radius 1 is 1.25 bits per heavy atom. The van der Waals surface area contributed by atoms with Crippen molar-refractivity contribution >= 4 is 0 Å². The molecule has 2 unspecified atom stereocenters. The number of rotatable bonds is 1. The van der Waals surface area contributed by atoms with E-state index in [-0.39, 0.29) is 11.5 Å². The van der Waals surface area contributed by atoms with Gasteiger partial charge in [0.25, 0.3) is 0 Å². The fraction of sp³-hybridized carbons (Fsp3) is 0.923. The standard InChI is InChI=1S/C13H22N2O/c1-13(10-14)6-8-15(9-7-13)11-4-2-3-5-12(11)16/h11-12,16H,2-9H2,1H3. The quantitative estimate of drug-likeness (QED) is 0.737. The Morgan fingerprint density at radius 2 is 1.88 bits per heavy atom. The van der Waals surface area contributed by atoms with Crippen molar-refractivity contribution in [1.29, 1.82) is 5.26 Å². The summed E-state index contributed by atoms with van der Waals surface area (Å²) in [4.78, 5) is 2.41. The Balaban J connectivity index is 1.91. The molecule has 0 aromatic carbocycles. The van der Waals surface area contributed by atoms with Crippen molar-refractivity contribution in [3.63, 3.8) is 0 Å². The lowest BCUT2D eigenvalue weighted by Gasteiger charge is -2.43. The van der Waals surface area contributed by atoms with Gasteiger partial charge < -0.3 is 5.11 Å². The molecule has 0 amide bonds. The number of piperidine rings is 1. The van der Waals surface area contributed by atoms with Gasteiger partial charge in [0.15, 0.2) is 0 Å². The minimum Gasteiger partial charge on any atom is -0.391 e. The highest BCUT2D eigenvalue weighted by molar-refractivity contribution is 5.00. The van der Waals surface area contributed by atoms with E-state index >= 15 is 0 Å². The lowest BCUT2D eigenvalue weighted by atomic mass is 9.80. The summed E-state index contributed by atoms with van der Waals surface area (Å²) in [6.07, 6.45) is 6.26. The van der Waals surface area contributed by atoms with Gasteiger partial charge in [0.05, 0.1) is 17.6 Å². The van der Waals surface area contributed by atoms with Crippen LogP contribution in [0.3, 0.4) is 0 Å². The third-order valence-electron chi connectivity index (χ3n) is 4.33. The van der Waals surface area contributed by atoms with Crippen LogP contribution in [-0.2, 0) is 0 Å². The van der Waals surface area contributed by atoms with E-state index in [4.69, 9.17) is 5.26 Å². The third kappa shape index (κ3) is 2.39. The monoisotopic (exact) mass is 222 g/mol. The predicted octanol–water partition coefficient (Wildman–Crippen LogP) is 1.92. The first-order chi connectivity index (χ1) is 7.64. The average molecular weight is 222 g/mol. The van der Waals surface area contributed by atoms with Gasteiger partial charge in [-0.15, -0.1) is 0 Å². The van der Waals surface area contributed by atoms with Crippen molar-refractivity contribution in [3.8, 4) is 6.07 Å². The number of likely N-dealkylation sites (tertiary alicyclic amines) is 1. The van der Waals surface area contributed by atoms with Crippen LogP contribution >= 0.6 is 0 Å². The highest BCUT2D eigenvalue weighted by Gasteiger charge is 2.35. The van der Waals surface area contributed by atoms with Crippen LogP contribution in [0.4, 0.5) is 0 Å². The molecule has 2 rings (SSSR count). The number of nitrogens with zero attached hydrogens (tertiary/aromatic N) is 2. The summed E-state index contributed by atoms with van der Waals surface area (Å²) in [5.74, 6) is 0. The summed E-state index contributed by atoms with van der Waals surface area (Å²) in [5, 5.41) is 19.1. The van der Waals surface area contributed by atoms with Gasteiger partial charge in [0.2, 0.25) is 0 Å². The molecule has 3 heteroatoms. The van der Waals surface area contributed by atoms with Gasteiger partial charge in [0.1, 0.15) is 0 Å². The molecule has 1 heterocycles. The topological polar surface area (TPSA) is 47.3 Å². The largest absolute Gasteiger partial charge is 0.391 e. The molecule has 1 saturated heterocycles. The maximum atomic E-state index is 10.0. The second-order valence-corrected chi connectivity index (χ2v) is 5.63. The molecule has 1 saturated carbocycles. The van der Waals surface area contributed by atoms with E-state index in [0.717, 1.165) is 38.8 Å². The van der Waals surface area contributed by atoms with Crippen LogP contribution in [0.2, 0.25) is 0 Å². The minimum absolute atomic E-state index is 0.129. The van der Waals surface area contributed by atoms with Gasteiger partial charge in [0, 0.05) is 19.1 Å². The van der Waals surface area contributed by atoms with Crippen LogP contribution in [0.5, 0.6) is 0 Å². The number of nitriles is 1. The molecule has 3 nitrogen and oxygen atoms in total. The number of hydrogen-bond donors (Lipinski definition) is 1. The molecule has 2 fully saturated rings. The van der Waals surface area contributed by atoms with Gasteiger partial charge in [-0.2, -0.15) is 5.26 Å². The van der Waals surface area contributed by atoms with Gasteiger partial charge in [-0.25, -0.2) is 0 Å². The van der Waals surface area contributed by atoms with Crippen molar-refractivity contribution in [1.82, 2.24) is 4.90 Å². The molecular weight excluding hydrogens is 200 g/mol. The fourth-order valence-electron chi connectivity index (χ4n) is 2.98. The number of hydrogen-bond acceptors (Lipinski definition) is 3. The van der Waals surface area contributed by atoms with Crippen molar-refractivity contribution in [2.45, 2.75) is 57.6 Å². The SMILES string of the molecule is CC1(C#N)CCN(C2CCCCC2O)CC1. The highest BCUT2D eigenvalue weighted by atomic mass is 16.3. The lowest BCUT2D eigenvalue weighted by Crippen LogP contribution is -2.50. The molecule has 90 valence electrons. The van der Waals surface area contributed by atoms with Crippen LogP contribution in [0, 0.1) is 16.7 Å². The molecule has 0 spiro atoms. The number of aliphatic hydroxyl groups is 1. The Bertz CT molecular complexity index is 276. The molecule has 0 bridgehead atoms. The molecule has 2 aliphatic rings. The molecule has 16 heavy (non-hydrogen) atoms. The van der Waals surface area contributed by atoms with Crippen molar-refractivity contribution in [2.24, 2.45) is 5.41 Å². The van der Waals surface area contributed by atoms with E-state index in [0.29, 0.717) is 6.04 Å². The van der Waals surface area contributed by atoms with Gasteiger partial charge in [-0.3, -0.25) is 4.90 Å². The maximum Gasteiger partial charge on any atom is 0.0695 e. The number of aliphatic hydroxyl groups excluding tert-OH is 1. The van der Waals surface area contributed by atoms with E-state index < -0.39 is 0 Å². The van der Waals surface area contributed by atoms with Crippen LogP contribution in [-0.4, -0.2) is 35.2 Å². The zero-order valence-electron chi connectivity index (χ0n) is 10.2. The zero-order chi connectivity index (χ0) is 11.6. The first-order valence-corrected chi connectivity index (χ1v) is 6.48. The summed E-state index contributed by atoms with van der Waals surface area (Å²) in [6.45, 7) is 4.01. The van der Waals surface area contributed by atoms with E-state index in [1.54, 1.807) is 0 Å². The van der Waals surface area contributed by atoms with Crippen LogP contribution in [0.25, 0.3) is 0 Å². The van der Waals surface area contributed by atoms with E-state index in [1.807, 2.05) is 0 Å². The van der Waals surface area contributed by atoms with Crippen LogP contribution < -0.4 is 0 Å². The molecule has 0 radical (unpaired) electrons. The highest BCUT2D eigenvalue weighted by Crippen LogP contribution is 2.33. The van der Waals surface area contributed by atoms with Crippen molar-refractivity contribution in [3.05, 3.63) is 0 Å². The summed E-state index contributed by atoms with van der Waals surface area (Å²) in [5.41, 5.74) is -0.129. The second-order valence-electron chi connectivity index (χ2n) is 5.63. The Kier molecular flexibility index (Phi) is 3.51. The third-order valence-corrected chi connectivity index (χ3v) is 4.33. The molecule has 2 atom stereocenters. The van der Waals surface area contributed by atoms with Crippen LogP contribution in [0.1, 0.15) is 45.4 Å². The molecular formula is C13H22N2O. The predicted molar refractivity (Wildman–Crippen MR) is 62.8 cm³/mol. The average Bonchev–Trinajstić information content (AvgIpc) is 2.31. The van der Waals surface area contributed by atoms with Gasteiger partial charge in [-0.1, -0.05) is 12.8 Å². The Morgan fingerprint density at radius 3 is 2.44 bits per heavy atom. The maximum absolute atomic E-state index is 10.0. The molecule has 1 aliphatic carbocycles. The van der Waals surface area contributed by atoms with E-state index in [1.165, 1.54) is 12.8 Å². The Labute approximate surface area is 98.1 Å². The molecule has 0 aromatic heterocycles. The smallest absolute Gasteiger partial charge is 0.0695 e.